The molecule has 1 N–H and O–H groups in total. The van der Waals surface area contributed by atoms with Gasteiger partial charge in [-0.25, -0.2) is 0 Å². The molecule has 1 fully saturated rings. The molecule has 0 spiro atoms. The van der Waals surface area contributed by atoms with Gasteiger partial charge in [-0.3, -0.25) is 0 Å². The zero-order valence-corrected chi connectivity index (χ0v) is 9.72. The fourth-order valence-corrected chi connectivity index (χ4v) is 1.87. The molecule has 90 valence electrons. The molecule has 16 heavy (non-hydrogen) atoms. The molecule has 1 saturated carbocycles. The van der Waals surface area contributed by atoms with Crippen LogP contribution in [0.25, 0.3) is 0 Å². The number of hydrogen-bond donors (Lipinski definition) is 1. The molecule has 1 aromatic rings. The van der Waals surface area contributed by atoms with Crippen molar-refractivity contribution in [2.45, 2.75) is 45.3 Å². The molecule has 0 aliphatic heterocycles. The lowest BCUT2D eigenvalue weighted by Gasteiger charge is -2.07. The Balaban J connectivity index is 1.94. The first-order chi connectivity index (χ1) is 7.86. The second-order valence-corrected chi connectivity index (χ2v) is 4.09. The Kier molecular flexibility index (Phi) is 3.90. The first kappa shape index (κ1) is 11.5. The largest absolute Gasteiger partial charge is 0.388 e. The SMILES string of the molecule is CCOCCCc1nnc(CO)n1C1CC1. The van der Waals surface area contributed by atoms with E-state index in [1.807, 2.05) is 6.92 Å². The third-order valence-electron chi connectivity index (χ3n) is 2.78. The van der Waals surface area contributed by atoms with Crippen LogP contribution in [0.2, 0.25) is 0 Å². The van der Waals surface area contributed by atoms with Gasteiger partial charge in [0.05, 0.1) is 0 Å². The number of aromatic nitrogens is 3. The highest BCUT2D eigenvalue weighted by atomic mass is 16.5. The number of ether oxygens (including phenoxy) is 1. The Bertz CT molecular complexity index is 334. The Labute approximate surface area is 95.4 Å². The van der Waals surface area contributed by atoms with Gasteiger partial charge >= 0.3 is 0 Å². The summed E-state index contributed by atoms with van der Waals surface area (Å²) in [4.78, 5) is 0. The lowest BCUT2D eigenvalue weighted by Crippen LogP contribution is -2.07. The van der Waals surface area contributed by atoms with Gasteiger partial charge in [0.1, 0.15) is 12.4 Å². The van der Waals surface area contributed by atoms with Crippen LogP contribution in [-0.4, -0.2) is 33.1 Å². The van der Waals surface area contributed by atoms with Gasteiger partial charge in [-0.15, -0.1) is 10.2 Å². The van der Waals surface area contributed by atoms with Gasteiger partial charge in [-0.1, -0.05) is 0 Å². The summed E-state index contributed by atoms with van der Waals surface area (Å²) in [5.74, 6) is 1.69. The quantitative estimate of drug-likeness (QED) is 0.705. The number of aliphatic hydroxyl groups excluding tert-OH is 1. The van der Waals surface area contributed by atoms with Gasteiger partial charge in [0.15, 0.2) is 5.82 Å². The summed E-state index contributed by atoms with van der Waals surface area (Å²) in [5, 5.41) is 17.3. The van der Waals surface area contributed by atoms with E-state index in [-0.39, 0.29) is 6.61 Å². The lowest BCUT2D eigenvalue weighted by atomic mass is 10.3. The van der Waals surface area contributed by atoms with Gasteiger partial charge in [0.2, 0.25) is 0 Å². The third-order valence-corrected chi connectivity index (χ3v) is 2.78. The predicted octanol–water partition coefficient (Wildman–Crippen LogP) is 1.07. The van der Waals surface area contributed by atoms with Crippen LogP contribution >= 0.6 is 0 Å². The summed E-state index contributed by atoms with van der Waals surface area (Å²) >= 11 is 0. The Morgan fingerprint density at radius 1 is 1.38 bits per heavy atom. The summed E-state index contributed by atoms with van der Waals surface area (Å²) in [6, 6.07) is 0.527. The molecule has 1 aromatic heterocycles. The summed E-state index contributed by atoms with van der Waals surface area (Å²) in [6.45, 7) is 3.51. The molecule has 0 saturated heterocycles. The van der Waals surface area contributed by atoms with E-state index in [2.05, 4.69) is 14.8 Å². The third kappa shape index (κ3) is 2.59. The van der Waals surface area contributed by atoms with Gasteiger partial charge in [-0.05, 0) is 26.2 Å². The maximum Gasteiger partial charge on any atom is 0.159 e. The van der Waals surface area contributed by atoms with Crippen LogP contribution in [0.4, 0.5) is 0 Å². The van der Waals surface area contributed by atoms with Crippen molar-refractivity contribution in [1.29, 1.82) is 0 Å². The standard InChI is InChI=1S/C11H19N3O2/c1-2-16-7-3-4-10-12-13-11(8-15)14(10)9-5-6-9/h9,15H,2-8H2,1H3. The predicted molar refractivity (Wildman–Crippen MR) is 59.0 cm³/mol. The summed E-state index contributed by atoms with van der Waals surface area (Å²) < 4.78 is 7.40. The minimum atomic E-state index is -0.0189. The van der Waals surface area contributed by atoms with Crippen molar-refractivity contribution in [3.05, 3.63) is 11.6 Å². The van der Waals surface area contributed by atoms with E-state index in [1.54, 1.807) is 0 Å². The van der Waals surface area contributed by atoms with E-state index in [9.17, 15) is 5.11 Å². The average Bonchev–Trinajstić information content (AvgIpc) is 3.06. The Morgan fingerprint density at radius 2 is 2.12 bits per heavy atom. The molecule has 0 aromatic carbocycles. The van der Waals surface area contributed by atoms with Gasteiger partial charge in [0, 0.05) is 25.7 Å². The molecule has 0 bridgehead atoms. The first-order valence-corrected chi connectivity index (χ1v) is 5.98. The van der Waals surface area contributed by atoms with Crippen LogP contribution < -0.4 is 0 Å². The Morgan fingerprint density at radius 3 is 2.75 bits per heavy atom. The average molecular weight is 225 g/mol. The highest BCUT2D eigenvalue weighted by Crippen LogP contribution is 2.36. The molecule has 5 heteroatoms. The van der Waals surface area contributed by atoms with Crippen LogP contribution in [-0.2, 0) is 17.8 Å². The van der Waals surface area contributed by atoms with Crippen molar-refractivity contribution < 1.29 is 9.84 Å². The van der Waals surface area contributed by atoms with Crippen LogP contribution in [0, 0.1) is 0 Å². The van der Waals surface area contributed by atoms with E-state index < -0.39 is 0 Å². The number of rotatable bonds is 7. The van der Waals surface area contributed by atoms with E-state index in [1.165, 1.54) is 12.8 Å². The minimum Gasteiger partial charge on any atom is -0.388 e. The molecular formula is C11H19N3O2. The fourth-order valence-electron chi connectivity index (χ4n) is 1.87. The molecule has 2 rings (SSSR count). The highest BCUT2D eigenvalue weighted by Gasteiger charge is 2.28. The van der Waals surface area contributed by atoms with Crippen molar-refractivity contribution in [3.63, 3.8) is 0 Å². The summed E-state index contributed by atoms with van der Waals surface area (Å²) in [6.07, 6.45) is 4.21. The van der Waals surface area contributed by atoms with Crippen LogP contribution in [0.15, 0.2) is 0 Å². The van der Waals surface area contributed by atoms with Crippen LogP contribution in [0.1, 0.15) is 43.9 Å². The smallest absolute Gasteiger partial charge is 0.159 e. The van der Waals surface area contributed by atoms with Crippen LogP contribution in [0.5, 0.6) is 0 Å². The molecule has 0 atom stereocenters. The molecule has 0 amide bonds. The van der Waals surface area contributed by atoms with E-state index >= 15 is 0 Å². The van der Waals surface area contributed by atoms with Crippen LogP contribution in [0.3, 0.4) is 0 Å². The topological polar surface area (TPSA) is 60.2 Å². The van der Waals surface area contributed by atoms with E-state index in [0.29, 0.717) is 11.9 Å². The Hall–Kier alpha value is -0.940. The molecule has 1 aliphatic carbocycles. The lowest BCUT2D eigenvalue weighted by molar-refractivity contribution is 0.144. The second kappa shape index (κ2) is 5.41. The van der Waals surface area contributed by atoms with Gasteiger partial charge < -0.3 is 14.4 Å². The number of hydrogen-bond acceptors (Lipinski definition) is 4. The summed E-state index contributed by atoms with van der Waals surface area (Å²) in [5.41, 5.74) is 0. The number of aryl methyl sites for hydroxylation is 1. The maximum absolute atomic E-state index is 9.17. The molecule has 5 nitrogen and oxygen atoms in total. The van der Waals surface area contributed by atoms with E-state index in [4.69, 9.17) is 4.74 Å². The zero-order chi connectivity index (χ0) is 11.4. The van der Waals surface area contributed by atoms with Crippen molar-refractivity contribution in [2.75, 3.05) is 13.2 Å². The zero-order valence-electron chi connectivity index (χ0n) is 9.72. The van der Waals surface area contributed by atoms with Crippen molar-refractivity contribution in [3.8, 4) is 0 Å². The van der Waals surface area contributed by atoms with Gasteiger partial charge in [0.25, 0.3) is 0 Å². The fraction of sp³-hybridized carbons (Fsp3) is 0.818. The van der Waals surface area contributed by atoms with Gasteiger partial charge in [-0.2, -0.15) is 0 Å². The monoisotopic (exact) mass is 225 g/mol. The van der Waals surface area contributed by atoms with Crippen molar-refractivity contribution in [2.24, 2.45) is 0 Å². The summed E-state index contributed by atoms with van der Waals surface area (Å²) in [7, 11) is 0. The normalized spacial score (nSPS) is 15.6. The van der Waals surface area contributed by atoms with Crippen molar-refractivity contribution >= 4 is 0 Å². The first-order valence-electron chi connectivity index (χ1n) is 5.98. The van der Waals surface area contributed by atoms with E-state index in [0.717, 1.165) is 31.9 Å². The highest BCUT2D eigenvalue weighted by molar-refractivity contribution is 5.02. The number of aliphatic hydroxyl groups is 1. The molecular weight excluding hydrogens is 206 g/mol. The molecule has 1 heterocycles. The second-order valence-electron chi connectivity index (χ2n) is 4.09. The molecule has 0 radical (unpaired) electrons. The minimum absolute atomic E-state index is 0.0189. The molecule has 1 aliphatic rings. The van der Waals surface area contributed by atoms with Crippen molar-refractivity contribution in [1.82, 2.24) is 14.8 Å². The maximum atomic E-state index is 9.17. The number of nitrogens with zero attached hydrogens (tertiary/aromatic N) is 3. The molecule has 0 unspecified atom stereocenters.